The van der Waals surface area contributed by atoms with E-state index in [9.17, 15) is 13.6 Å². The lowest BCUT2D eigenvalue weighted by molar-refractivity contribution is 0.102. The Balaban J connectivity index is 1.62. The second-order valence-corrected chi connectivity index (χ2v) is 6.06. The van der Waals surface area contributed by atoms with Crippen molar-refractivity contribution < 1.29 is 13.6 Å². The first-order valence-corrected chi connectivity index (χ1v) is 8.47. The molecule has 8 heteroatoms. The van der Waals surface area contributed by atoms with E-state index in [1.807, 2.05) is 12.1 Å². The monoisotopic (exact) mass is 388 g/mol. The number of nitrogens with one attached hydrogen (secondary N) is 2. The molecule has 0 fully saturated rings. The van der Waals surface area contributed by atoms with Crippen molar-refractivity contribution in [3.8, 4) is 0 Å². The molecule has 27 heavy (non-hydrogen) atoms. The summed E-state index contributed by atoms with van der Waals surface area (Å²) in [4.78, 5) is 20.3. The third-order valence-corrected chi connectivity index (χ3v) is 3.95. The van der Waals surface area contributed by atoms with Gasteiger partial charge in [-0.05, 0) is 42.3 Å². The van der Waals surface area contributed by atoms with Crippen molar-refractivity contribution in [2.45, 2.75) is 6.42 Å². The number of carbonyl (C=O) groups is 1. The molecule has 0 aliphatic carbocycles. The van der Waals surface area contributed by atoms with Gasteiger partial charge < -0.3 is 10.6 Å². The highest BCUT2D eigenvalue weighted by Crippen LogP contribution is 2.18. The Hall–Kier alpha value is -3.06. The van der Waals surface area contributed by atoms with E-state index in [1.165, 1.54) is 18.3 Å². The Morgan fingerprint density at radius 2 is 1.74 bits per heavy atom. The first kappa shape index (κ1) is 18.7. The van der Waals surface area contributed by atoms with E-state index >= 15 is 0 Å². The number of hydrogen-bond acceptors (Lipinski definition) is 4. The van der Waals surface area contributed by atoms with Gasteiger partial charge in [-0.25, -0.2) is 18.7 Å². The fraction of sp³-hybridized carbons (Fsp3) is 0.105. The molecule has 1 heterocycles. The van der Waals surface area contributed by atoms with Crippen LogP contribution < -0.4 is 10.6 Å². The zero-order chi connectivity index (χ0) is 19.2. The number of halogens is 3. The van der Waals surface area contributed by atoms with Gasteiger partial charge in [0.05, 0.1) is 0 Å². The van der Waals surface area contributed by atoms with Gasteiger partial charge in [-0.2, -0.15) is 0 Å². The fourth-order valence-electron chi connectivity index (χ4n) is 2.33. The van der Waals surface area contributed by atoms with E-state index in [0.29, 0.717) is 18.0 Å². The van der Waals surface area contributed by atoms with Crippen LogP contribution in [0.4, 0.5) is 20.4 Å². The molecule has 5 nitrogen and oxygen atoms in total. The molecular weight excluding hydrogens is 374 g/mol. The van der Waals surface area contributed by atoms with Crippen LogP contribution in [0.25, 0.3) is 0 Å². The van der Waals surface area contributed by atoms with Crippen molar-refractivity contribution in [3.05, 3.63) is 82.6 Å². The van der Waals surface area contributed by atoms with Crippen LogP contribution in [0.2, 0.25) is 5.02 Å². The third-order valence-electron chi connectivity index (χ3n) is 3.70. The first-order valence-electron chi connectivity index (χ1n) is 8.09. The van der Waals surface area contributed by atoms with Gasteiger partial charge in [0.25, 0.3) is 5.91 Å². The van der Waals surface area contributed by atoms with Crippen LogP contribution >= 0.6 is 11.6 Å². The minimum absolute atomic E-state index is 0.0124. The zero-order valence-corrected chi connectivity index (χ0v) is 14.8. The van der Waals surface area contributed by atoms with Gasteiger partial charge in [0.1, 0.15) is 23.0 Å². The maximum Gasteiger partial charge on any atom is 0.274 e. The van der Waals surface area contributed by atoms with Crippen molar-refractivity contribution in [3.63, 3.8) is 0 Å². The van der Waals surface area contributed by atoms with Gasteiger partial charge in [0, 0.05) is 17.8 Å². The quantitative estimate of drug-likeness (QED) is 0.660. The minimum Gasteiger partial charge on any atom is -0.354 e. The Morgan fingerprint density at radius 1 is 1.04 bits per heavy atom. The maximum absolute atomic E-state index is 13.7. The van der Waals surface area contributed by atoms with Gasteiger partial charge >= 0.3 is 0 Å². The number of para-hydroxylation sites is 1. The molecule has 2 N–H and O–H groups in total. The van der Waals surface area contributed by atoms with Crippen molar-refractivity contribution in [2.75, 3.05) is 17.2 Å². The van der Waals surface area contributed by atoms with Gasteiger partial charge in [-0.1, -0.05) is 29.8 Å². The highest BCUT2D eigenvalue weighted by atomic mass is 35.5. The average molecular weight is 389 g/mol. The van der Waals surface area contributed by atoms with Crippen molar-refractivity contribution in [1.29, 1.82) is 0 Å². The topological polar surface area (TPSA) is 66.9 Å². The molecule has 3 rings (SSSR count). The molecule has 3 aromatic rings. The molecule has 2 aromatic carbocycles. The highest BCUT2D eigenvalue weighted by Gasteiger charge is 2.15. The summed E-state index contributed by atoms with van der Waals surface area (Å²) in [6.07, 6.45) is 2.10. The molecule has 138 valence electrons. The lowest BCUT2D eigenvalue weighted by atomic mass is 10.1. The van der Waals surface area contributed by atoms with E-state index in [4.69, 9.17) is 11.6 Å². The Labute approximate surface area is 159 Å². The number of rotatable bonds is 6. The van der Waals surface area contributed by atoms with E-state index in [-0.39, 0.29) is 11.6 Å². The summed E-state index contributed by atoms with van der Waals surface area (Å²) in [5, 5.41) is 5.86. The van der Waals surface area contributed by atoms with Crippen LogP contribution in [-0.2, 0) is 6.42 Å². The fourth-order valence-corrected chi connectivity index (χ4v) is 2.46. The van der Waals surface area contributed by atoms with E-state index in [1.54, 1.807) is 12.1 Å². The largest absolute Gasteiger partial charge is 0.354 e. The summed E-state index contributed by atoms with van der Waals surface area (Å²) in [7, 11) is 0. The van der Waals surface area contributed by atoms with E-state index in [0.717, 1.165) is 17.7 Å². The molecule has 1 amide bonds. The van der Waals surface area contributed by atoms with Gasteiger partial charge in [0.2, 0.25) is 5.95 Å². The number of amides is 1. The molecule has 0 unspecified atom stereocenters. The second kappa shape index (κ2) is 8.55. The van der Waals surface area contributed by atoms with Crippen molar-refractivity contribution in [1.82, 2.24) is 9.97 Å². The minimum atomic E-state index is -0.862. The number of carbonyl (C=O) groups excluding carboxylic acids is 1. The number of hydrogen-bond donors (Lipinski definition) is 2. The Kier molecular flexibility index (Phi) is 5.93. The van der Waals surface area contributed by atoms with Crippen LogP contribution in [0.1, 0.15) is 16.1 Å². The Bertz CT molecular complexity index is 930. The Morgan fingerprint density at radius 3 is 2.44 bits per heavy atom. The number of nitrogens with zero attached hydrogens (tertiary/aromatic N) is 2. The van der Waals surface area contributed by atoms with Gasteiger partial charge in [-0.15, -0.1) is 0 Å². The summed E-state index contributed by atoms with van der Waals surface area (Å²) in [6.45, 7) is 0.536. The standard InChI is InChI=1S/C19H15ClF2N4O/c20-13-6-4-12(5-7-13)8-10-23-19-24-11-9-16(25-19)18(27)26-17-14(21)2-1-3-15(17)22/h1-7,9,11H,8,10H2,(H,26,27)(H,23,24,25). The summed E-state index contributed by atoms with van der Waals surface area (Å²) in [5.74, 6) is -2.22. The number of benzene rings is 2. The highest BCUT2D eigenvalue weighted by molar-refractivity contribution is 6.30. The lowest BCUT2D eigenvalue weighted by Gasteiger charge is -2.09. The van der Waals surface area contributed by atoms with E-state index < -0.39 is 23.2 Å². The van der Waals surface area contributed by atoms with Crippen LogP contribution in [0.5, 0.6) is 0 Å². The SMILES string of the molecule is O=C(Nc1c(F)cccc1F)c1ccnc(NCCc2ccc(Cl)cc2)n1. The molecule has 0 radical (unpaired) electrons. The molecule has 0 bridgehead atoms. The third kappa shape index (κ3) is 4.98. The van der Waals surface area contributed by atoms with Crippen molar-refractivity contribution >= 4 is 29.1 Å². The first-order chi connectivity index (χ1) is 13.0. The van der Waals surface area contributed by atoms with Crippen LogP contribution in [0.15, 0.2) is 54.7 Å². The summed E-state index contributed by atoms with van der Waals surface area (Å²) in [6, 6.07) is 12.1. The number of anilines is 2. The van der Waals surface area contributed by atoms with Crippen LogP contribution in [0.3, 0.4) is 0 Å². The second-order valence-electron chi connectivity index (χ2n) is 5.62. The maximum atomic E-state index is 13.7. The predicted octanol–water partition coefficient (Wildman–Crippen LogP) is 4.32. The summed E-state index contributed by atoms with van der Waals surface area (Å²) in [5.41, 5.74) is 0.552. The lowest BCUT2D eigenvalue weighted by Crippen LogP contribution is -2.17. The summed E-state index contributed by atoms with van der Waals surface area (Å²) < 4.78 is 27.3. The van der Waals surface area contributed by atoms with Gasteiger partial charge in [-0.3, -0.25) is 4.79 Å². The molecule has 0 saturated carbocycles. The number of aromatic nitrogens is 2. The molecule has 1 aromatic heterocycles. The molecule has 0 saturated heterocycles. The molecule has 0 atom stereocenters. The normalized spacial score (nSPS) is 10.5. The van der Waals surface area contributed by atoms with Gasteiger partial charge in [0.15, 0.2) is 0 Å². The summed E-state index contributed by atoms with van der Waals surface area (Å²) >= 11 is 5.85. The molecule has 0 aliphatic heterocycles. The smallest absolute Gasteiger partial charge is 0.274 e. The van der Waals surface area contributed by atoms with Crippen LogP contribution in [-0.4, -0.2) is 22.4 Å². The van der Waals surface area contributed by atoms with Crippen molar-refractivity contribution in [2.24, 2.45) is 0 Å². The van der Waals surface area contributed by atoms with Crippen LogP contribution in [0, 0.1) is 11.6 Å². The average Bonchev–Trinajstić information content (AvgIpc) is 2.66. The predicted molar refractivity (Wildman–Crippen MR) is 100.0 cm³/mol. The molecule has 0 spiro atoms. The molecule has 0 aliphatic rings. The van der Waals surface area contributed by atoms with E-state index in [2.05, 4.69) is 20.6 Å². The molecular formula is C19H15ClF2N4O. The zero-order valence-electron chi connectivity index (χ0n) is 14.0.